The number of aliphatic hydroxyl groups excluding tert-OH is 1. The summed E-state index contributed by atoms with van der Waals surface area (Å²) >= 11 is 0. The maximum absolute atomic E-state index is 13.1. The van der Waals surface area contributed by atoms with Gasteiger partial charge < -0.3 is 33.8 Å². The van der Waals surface area contributed by atoms with E-state index in [1.807, 2.05) is 0 Å². The fourth-order valence-electron chi connectivity index (χ4n) is 12.7. The lowest BCUT2D eigenvalue weighted by Gasteiger charge is -2.21. The van der Waals surface area contributed by atoms with Gasteiger partial charge in [0, 0.05) is 25.7 Å². The zero-order chi connectivity index (χ0) is 74.2. The minimum atomic E-state index is -4.96. The van der Waals surface area contributed by atoms with Gasteiger partial charge in [0.15, 0.2) is 12.2 Å². The van der Waals surface area contributed by atoms with Crippen LogP contribution in [0.2, 0.25) is 0 Å². The average Bonchev–Trinajstić information content (AvgIpc) is 0.938. The molecule has 0 heterocycles. The van der Waals surface area contributed by atoms with E-state index < -0.39 is 97.5 Å². The van der Waals surface area contributed by atoms with E-state index >= 15 is 0 Å². The molecule has 3 unspecified atom stereocenters. The van der Waals surface area contributed by atoms with Gasteiger partial charge >= 0.3 is 39.5 Å². The average molecular weight is 1480 g/mol. The quantitative estimate of drug-likeness (QED) is 0.0222. The number of unbranched alkanes of at least 4 members (excludes halogenated alkanes) is 50. The Labute approximate surface area is 619 Å². The van der Waals surface area contributed by atoms with Crippen molar-refractivity contribution in [3.8, 4) is 0 Å². The SMILES string of the molecule is CCCCCCCCCCCCCCCCCCCCC(=O)OC[C@H](COP(=O)(O)OC[C@@H](O)COP(=O)(O)OC[C@@H](COC(=O)CCCCCCC)OC(=O)CCCCCCCCCCCCCCCC(C)C)OC(=O)CCCCCCCCCCCCCCCCCCCCC(C)CC. The fraction of sp³-hybridized carbons (Fsp3) is 0.951. The van der Waals surface area contributed by atoms with E-state index in [1.54, 1.807) is 0 Å². The number of hydrogen-bond acceptors (Lipinski definition) is 15. The van der Waals surface area contributed by atoms with Gasteiger partial charge in [-0.05, 0) is 37.5 Å². The second-order valence-electron chi connectivity index (χ2n) is 30.2. The van der Waals surface area contributed by atoms with E-state index in [2.05, 4.69) is 41.5 Å². The minimum absolute atomic E-state index is 0.107. The third kappa shape index (κ3) is 74.7. The van der Waals surface area contributed by atoms with E-state index in [9.17, 15) is 43.2 Å². The maximum atomic E-state index is 13.1. The van der Waals surface area contributed by atoms with E-state index in [4.69, 9.17) is 37.0 Å². The number of phosphoric ester groups is 2. The lowest BCUT2D eigenvalue weighted by molar-refractivity contribution is -0.161. The van der Waals surface area contributed by atoms with Crippen LogP contribution in [-0.2, 0) is 65.4 Å². The Morgan fingerprint density at radius 2 is 0.505 bits per heavy atom. The molecule has 101 heavy (non-hydrogen) atoms. The van der Waals surface area contributed by atoms with Gasteiger partial charge in [0.2, 0.25) is 0 Å². The summed E-state index contributed by atoms with van der Waals surface area (Å²) in [6.07, 6.45) is 64.3. The van der Waals surface area contributed by atoms with Gasteiger partial charge in [-0.1, -0.05) is 382 Å². The molecule has 0 aromatic carbocycles. The monoisotopic (exact) mass is 1480 g/mol. The highest BCUT2D eigenvalue weighted by molar-refractivity contribution is 7.47. The lowest BCUT2D eigenvalue weighted by atomic mass is 9.99. The summed E-state index contributed by atoms with van der Waals surface area (Å²) in [7, 11) is -9.91. The van der Waals surface area contributed by atoms with Gasteiger partial charge in [-0.15, -0.1) is 0 Å². The highest BCUT2D eigenvalue weighted by Crippen LogP contribution is 2.45. The zero-order valence-electron chi connectivity index (χ0n) is 66.2. The number of carbonyl (C=O) groups is 4. The Hall–Kier alpha value is -1.94. The molecule has 3 N–H and O–H groups in total. The molecule has 0 aliphatic rings. The van der Waals surface area contributed by atoms with Crippen molar-refractivity contribution in [3.63, 3.8) is 0 Å². The number of ether oxygens (including phenoxy) is 4. The molecule has 0 fully saturated rings. The molecule has 0 aromatic heterocycles. The first-order chi connectivity index (χ1) is 48.9. The number of phosphoric acid groups is 2. The summed E-state index contributed by atoms with van der Waals surface area (Å²) in [6, 6.07) is 0. The van der Waals surface area contributed by atoms with Gasteiger partial charge in [0.1, 0.15) is 19.3 Å². The first-order valence-electron chi connectivity index (χ1n) is 42.5. The third-order valence-electron chi connectivity index (χ3n) is 19.6. The molecule has 0 bridgehead atoms. The number of esters is 4. The molecule has 0 amide bonds. The summed E-state index contributed by atoms with van der Waals surface area (Å²) in [5, 5.41) is 10.6. The Morgan fingerprint density at radius 1 is 0.287 bits per heavy atom. The van der Waals surface area contributed by atoms with Crippen LogP contribution in [0.1, 0.15) is 433 Å². The normalized spacial score (nSPS) is 14.2. The smallest absolute Gasteiger partial charge is 0.462 e. The molecule has 0 aliphatic heterocycles. The first-order valence-corrected chi connectivity index (χ1v) is 45.5. The van der Waals surface area contributed by atoms with Crippen LogP contribution in [0.25, 0.3) is 0 Å². The van der Waals surface area contributed by atoms with E-state index in [-0.39, 0.29) is 25.7 Å². The summed E-state index contributed by atoms with van der Waals surface area (Å²) in [6.45, 7) is 9.63. The fourth-order valence-corrected chi connectivity index (χ4v) is 14.3. The Bertz CT molecular complexity index is 1940. The molecule has 19 heteroatoms. The second kappa shape index (κ2) is 73.6. The number of carbonyl (C=O) groups excluding carboxylic acids is 4. The van der Waals surface area contributed by atoms with Crippen LogP contribution in [0.4, 0.5) is 0 Å². The van der Waals surface area contributed by atoms with Crippen LogP contribution < -0.4 is 0 Å². The maximum Gasteiger partial charge on any atom is 0.472 e. The van der Waals surface area contributed by atoms with Crippen LogP contribution in [0.15, 0.2) is 0 Å². The summed E-state index contributed by atoms with van der Waals surface area (Å²) < 4.78 is 68.5. The van der Waals surface area contributed by atoms with Crippen LogP contribution in [0.3, 0.4) is 0 Å². The van der Waals surface area contributed by atoms with Gasteiger partial charge in [-0.25, -0.2) is 9.13 Å². The molecule has 600 valence electrons. The van der Waals surface area contributed by atoms with E-state index in [0.29, 0.717) is 25.7 Å². The van der Waals surface area contributed by atoms with Crippen molar-refractivity contribution in [2.75, 3.05) is 39.6 Å². The molecule has 0 radical (unpaired) electrons. The van der Waals surface area contributed by atoms with Crippen molar-refractivity contribution in [2.24, 2.45) is 11.8 Å². The highest BCUT2D eigenvalue weighted by Gasteiger charge is 2.30. The number of aliphatic hydroxyl groups is 1. The minimum Gasteiger partial charge on any atom is -0.462 e. The molecule has 0 saturated carbocycles. The summed E-state index contributed by atoms with van der Waals surface area (Å²) in [5.41, 5.74) is 0. The molecule has 0 aliphatic carbocycles. The molecule has 0 rings (SSSR count). The second-order valence-corrected chi connectivity index (χ2v) is 33.1. The van der Waals surface area contributed by atoms with Crippen molar-refractivity contribution in [1.82, 2.24) is 0 Å². The van der Waals surface area contributed by atoms with E-state index in [0.717, 1.165) is 108 Å². The third-order valence-corrected chi connectivity index (χ3v) is 21.5. The van der Waals surface area contributed by atoms with Crippen molar-refractivity contribution in [1.29, 1.82) is 0 Å². The van der Waals surface area contributed by atoms with Crippen LogP contribution in [0.5, 0.6) is 0 Å². The topological polar surface area (TPSA) is 237 Å². The molecule has 0 saturated heterocycles. The van der Waals surface area contributed by atoms with Gasteiger partial charge in [-0.2, -0.15) is 0 Å². The van der Waals surface area contributed by atoms with Gasteiger partial charge in [0.05, 0.1) is 26.4 Å². The number of hydrogen-bond donors (Lipinski definition) is 3. The van der Waals surface area contributed by atoms with Gasteiger partial charge in [0.25, 0.3) is 0 Å². The first kappa shape index (κ1) is 99.1. The van der Waals surface area contributed by atoms with Crippen molar-refractivity contribution >= 4 is 39.5 Å². The predicted octanol–water partition coefficient (Wildman–Crippen LogP) is 24.7. The number of rotatable bonds is 81. The summed E-state index contributed by atoms with van der Waals surface area (Å²) in [4.78, 5) is 72.7. The molecule has 0 spiro atoms. The van der Waals surface area contributed by atoms with Crippen molar-refractivity contribution in [2.45, 2.75) is 452 Å². The molecule has 6 atom stereocenters. The Balaban J connectivity index is 5.11. The zero-order valence-corrected chi connectivity index (χ0v) is 68.0. The Kier molecular flexibility index (Phi) is 72.2. The molecular weight excluding hydrogens is 1320 g/mol. The molecule has 0 aromatic rings. The van der Waals surface area contributed by atoms with Gasteiger partial charge in [-0.3, -0.25) is 37.3 Å². The lowest BCUT2D eigenvalue weighted by Crippen LogP contribution is -2.30. The highest BCUT2D eigenvalue weighted by atomic mass is 31.2. The van der Waals surface area contributed by atoms with Crippen molar-refractivity contribution < 1.29 is 80.2 Å². The van der Waals surface area contributed by atoms with Crippen LogP contribution in [0, 0.1) is 11.8 Å². The largest absolute Gasteiger partial charge is 0.472 e. The standard InChI is InChI=1S/C82H160O17P2/c1-7-10-12-14-15-16-17-18-19-20-24-27-32-37-42-47-53-59-65-80(85)93-71-78(99-82(87)67-60-54-48-43-38-33-28-25-22-21-23-26-31-36-41-46-52-57-63-75(6)9-3)73-97-101(90,91)95-69-76(83)68-94-100(88,89)96-72-77(70-92-79(84)64-58-50-13-11-8-2)98-81(86)66-61-55-49-44-39-34-29-30-35-40-45-51-56-62-74(4)5/h74-78,83H,7-73H2,1-6H3,(H,88,89)(H,90,91)/t75?,76-,77+,78+/m0/s1. The summed E-state index contributed by atoms with van der Waals surface area (Å²) in [5.74, 6) is -0.461. The van der Waals surface area contributed by atoms with Crippen LogP contribution in [-0.4, -0.2) is 96.7 Å². The Morgan fingerprint density at radius 3 is 0.752 bits per heavy atom. The van der Waals surface area contributed by atoms with E-state index in [1.165, 1.54) is 244 Å². The predicted molar refractivity (Wildman–Crippen MR) is 414 cm³/mol. The molecular formula is C82H160O17P2. The van der Waals surface area contributed by atoms with Crippen LogP contribution >= 0.6 is 15.6 Å². The molecule has 17 nitrogen and oxygen atoms in total. The van der Waals surface area contributed by atoms with Crippen molar-refractivity contribution in [3.05, 3.63) is 0 Å².